The SMILES string of the molecule is CCN1CCC(Oc2c(N)ncc3[nH]c4ncccc4c23)CC1. The number of aromatic amines is 1. The van der Waals surface area contributed by atoms with Crippen molar-refractivity contribution in [3.05, 3.63) is 24.5 Å². The Kier molecular flexibility index (Phi) is 3.53. The van der Waals surface area contributed by atoms with Crippen molar-refractivity contribution in [2.45, 2.75) is 25.9 Å². The summed E-state index contributed by atoms with van der Waals surface area (Å²) < 4.78 is 6.30. The normalized spacial score (nSPS) is 17.1. The summed E-state index contributed by atoms with van der Waals surface area (Å²) >= 11 is 0. The number of nitrogen functional groups attached to an aromatic ring is 1. The standard InChI is InChI=1S/C17H21N5O/c1-2-22-8-5-11(6-9-22)23-15-14-12-4-3-7-19-17(12)21-13(14)10-20-16(15)18/h3-4,7,10-11H,2,5-6,8-9H2,1H3,(H2,18,20)(H,19,21). The van der Waals surface area contributed by atoms with Gasteiger partial charge in [-0.1, -0.05) is 6.92 Å². The van der Waals surface area contributed by atoms with Crippen LogP contribution in [-0.2, 0) is 0 Å². The Morgan fingerprint density at radius 1 is 1.35 bits per heavy atom. The summed E-state index contributed by atoms with van der Waals surface area (Å²) in [6.45, 7) is 5.43. The fourth-order valence-corrected chi connectivity index (χ4v) is 3.33. The third-order valence-corrected chi connectivity index (χ3v) is 4.66. The molecule has 4 rings (SSSR count). The zero-order valence-electron chi connectivity index (χ0n) is 13.2. The predicted octanol–water partition coefficient (Wildman–Crippen LogP) is 2.56. The number of hydrogen-bond donors (Lipinski definition) is 2. The third-order valence-electron chi connectivity index (χ3n) is 4.66. The molecule has 1 aliphatic rings. The Labute approximate surface area is 134 Å². The average Bonchev–Trinajstić information content (AvgIpc) is 2.97. The van der Waals surface area contributed by atoms with Crippen molar-refractivity contribution < 1.29 is 4.74 Å². The maximum absolute atomic E-state index is 6.30. The number of nitrogens with one attached hydrogen (secondary N) is 1. The van der Waals surface area contributed by atoms with Gasteiger partial charge in [-0.3, -0.25) is 0 Å². The van der Waals surface area contributed by atoms with Crippen LogP contribution in [0.15, 0.2) is 24.5 Å². The molecule has 0 amide bonds. The van der Waals surface area contributed by atoms with Gasteiger partial charge in [-0.05, 0) is 31.5 Å². The van der Waals surface area contributed by atoms with Crippen LogP contribution in [0.2, 0.25) is 0 Å². The summed E-state index contributed by atoms with van der Waals surface area (Å²) in [6.07, 6.45) is 5.75. The lowest BCUT2D eigenvalue weighted by atomic mass is 10.1. The maximum atomic E-state index is 6.30. The summed E-state index contributed by atoms with van der Waals surface area (Å²) in [6, 6.07) is 3.96. The van der Waals surface area contributed by atoms with Crippen LogP contribution < -0.4 is 10.5 Å². The lowest BCUT2D eigenvalue weighted by Crippen LogP contribution is -2.38. The topological polar surface area (TPSA) is 80.1 Å². The van der Waals surface area contributed by atoms with Gasteiger partial charge in [0.15, 0.2) is 11.6 Å². The molecule has 23 heavy (non-hydrogen) atoms. The Morgan fingerprint density at radius 3 is 2.96 bits per heavy atom. The van der Waals surface area contributed by atoms with E-state index in [1.807, 2.05) is 12.1 Å². The number of ether oxygens (including phenoxy) is 1. The zero-order valence-corrected chi connectivity index (χ0v) is 13.2. The second-order valence-corrected chi connectivity index (χ2v) is 6.04. The highest BCUT2D eigenvalue weighted by Crippen LogP contribution is 2.36. The molecule has 3 aromatic heterocycles. The van der Waals surface area contributed by atoms with E-state index >= 15 is 0 Å². The molecule has 0 radical (unpaired) electrons. The number of anilines is 1. The van der Waals surface area contributed by atoms with Gasteiger partial charge in [0.25, 0.3) is 0 Å². The fourth-order valence-electron chi connectivity index (χ4n) is 3.33. The van der Waals surface area contributed by atoms with Gasteiger partial charge in [0.05, 0.1) is 17.1 Å². The summed E-state index contributed by atoms with van der Waals surface area (Å²) in [4.78, 5) is 14.4. The first-order valence-corrected chi connectivity index (χ1v) is 8.16. The molecule has 1 fully saturated rings. The smallest absolute Gasteiger partial charge is 0.171 e. The molecular formula is C17H21N5O. The zero-order chi connectivity index (χ0) is 15.8. The second-order valence-electron chi connectivity index (χ2n) is 6.04. The highest BCUT2D eigenvalue weighted by molar-refractivity contribution is 6.10. The fraction of sp³-hybridized carbons (Fsp3) is 0.412. The van der Waals surface area contributed by atoms with Crippen molar-refractivity contribution in [3.8, 4) is 5.75 Å². The van der Waals surface area contributed by atoms with Crippen LogP contribution in [0.4, 0.5) is 5.82 Å². The van der Waals surface area contributed by atoms with Gasteiger partial charge in [-0.15, -0.1) is 0 Å². The molecule has 4 heterocycles. The van der Waals surface area contributed by atoms with Crippen LogP contribution >= 0.6 is 0 Å². The van der Waals surface area contributed by atoms with Crippen molar-refractivity contribution in [2.75, 3.05) is 25.4 Å². The van der Waals surface area contributed by atoms with E-state index in [2.05, 4.69) is 26.8 Å². The van der Waals surface area contributed by atoms with E-state index in [1.54, 1.807) is 12.4 Å². The summed E-state index contributed by atoms with van der Waals surface area (Å²) in [5.41, 5.74) is 7.87. The molecule has 0 spiro atoms. The van der Waals surface area contributed by atoms with Crippen molar-refractivity contribution in [2.24, 2.45) is 0 Å². The summed E-state index contributed by atoms with van der Waals surface area (Å²) in [5.74, 6) is 1.14. The molecule has 3 N–H and O–H groups in total. The number of rotatable bonds is 3. The number of hydrogen-bond acceptors (Lipinski definition) is 5. The number of aromatic nitrogens is 3. The van der Waals surface area contributed by atoms with Gasteiger partial charge in [0, 0.05) is 24.7 Å². The van der Waals surface area contributed by atoms with Gasteiger partial charge < -0.3 is 20.4 Å². The Hall–Kier alpha value is -2.34. The molecule has 0 atom stereocenters. The van der Waals surface area contributed by atoms with Gasteiger partial charge in [-0.25, -0.2) is 9.97 Å². The van der Waals surface area contributed by atoms with Crippen molar-refractivity contribution >= 4 is 27.8 Å². The Morgan fingerprint density at radius 2 is 2.17 bits per heavy atom. The van der Waals surface area contributed by atoms with Gasteiger partial charge in [0.2, 0.25) is 0 Å². The second kappa shape index (κ2) is 5.70. The van der Waals surface area contributed by atoms with Crippen LogP contribution in [0, 0.1) is 0 Å². The Bertz CT molecular complexity index is 835. The van der Waals surface area contributed by atoms with E-state index in [4.69, 9.17) is 10.5 Å². The van der Waals surface area contributed by atoms with Crippen molar-refractivity contribution in [1.82, 2.24) is 19.9 Å². The van der Waals surface area contributed by atoms with Gasteiger partial charge in [0.1, 0.15) is 11.8 Å². The van der Waals surface area contributed by atoms with Crippen molar-refractivity contribution in [3.63, 3.8) is 0 Å². The predicted molar refractivity (Wildman–Crippen MR) is 91.6 cm³/mol. The average molecular weight is 311 g/mol. The van der Waals surface area contributed by atoms with E-state index < -0.39 is 0 Å². The van der Waals surface area contributed by atoms with Crippen LogP contribution in [0.3, 0.4) is 0 Å². The molecule has 0 unspecified atom stereocenters. The van der Waals surface area contributed by atoms with Gasteiger partial charge >= 0.3 is 0 Å². The Balaban J connectivity index is 1.72. The number of nitrogens with two attached hydrogens (primary N) is 1. The molecular weight excluding hydrogens is 290 g/mol. The number of H-pyrrole nitrogens is 1. The number of pyridine rings is 2. The van der Waals surface area contributed by atoms with E-state index in [1.165, 1.54) is 0 Å². The van der Waals surface area contributed by atoms with E-state index in [-0.39, 0.29) is 6.10 Å². The van der Waals surface area contributed by atoms with Gasteiger partial charge in [-0.2, -0.15) is 0 Å². The van der Waals surface area contributed by atoms with Crippen LogP contribution in [0.1, 0.15) is 19.8 Å². The minimum atomic E-state index is 0.189. The molecule has 0 aromatic carbocycles. The number of fused-ring (bicyclic) bond motifs is 3. The van der Waals surface area contributed by atoms with Crippen LogP contribution in [0.5, 0.6) is 5.75 Å². The number of piperidine rings is 1. The molecule has 1 aliphatic heterocycles. The number of likely N-dealkylation sites (tertiary alicyclic amines) is 1. The first kappa shape index (κ1) is 14.3. The van der Waals surface area contributed by atoms with Crippen molar-refractivity contribution in [1.29, 1.82) is 0 Å². The van der Waals surface area contributed by atoms with Crippen LogP contribution in [-0.4, -0.2) is 45.6 Å². The monoisotopic (exact) mass is 311 g/mol. The lowest BCUT2D eigenvalue weighted by molar-refractivity contribution is 0.105. The highest BCUT2D eigenvalue weighted by atomic mass is 16.5. The molecule has 120 valence electrons. The lowest BCUT2D eigenvalue weighted by Gasteiger charge is -2.31. The quantitative estimate of drug-likeness (QED) is 0.777. The number of nitrogens with zero attached hydrogens (tertiary/aromatic N) is 3. The summed E-state index contributed by atoms with van der Waals surface area (Å²) in [5, 5.41) is 2.01. The minimum Gasteiger partial charge on any atom is -0.486 e. The molecule has 1 saturated heterocycles. The summed E-state index contributed by atoms with van der Waals surface area (Å²) in [7, 11) is 0. The van der Waals surface area contributed by atoms with Crippen LogP contribution in [0.25, 0.3) is 21.9 Å². The molecule has 6 nitrogen and oxygen atoms in total. The molecule has 0 aliphatic carbocycles. The highest BCUT2D eigenvalue weighted by Gasteiger charge is 2.22. The molecule has 0 bridgehead atoms. The molecule has 3 aromatic rings. The minimum absolute atomic E-state index is 0.189. The first-order valence-electron chi connectivity index (χ1n) is 8.16. The first-order chi connectivity index (χ1) is 11.3. The molecule has 6 heteroatoms. The van der Waals surface area contributed by atoms with E-state index in [9.17, 15) is 0 Å². The third kappa shape index (κ3) is 2.49. The maximum Gasteiger partial charge on any atom is 0.171 e. The largest absolute Gasteiger partial charge is 0.486 e. The van der Waals surface area contributed by atoms with E-state index in [0.29, 0.717) is 11.6 Å². The molecule has 0 saturated carbocycles. The van der Waals surface area contributed by atoms with E-state index in [0.717, 1.165) is 54.4 Å².